The number of halogens is 2. The van der Waals surface area contributed by atoms with Crippen molar-refractivity contribution in [2.24, 2.45) is 0 Å². The van der Waals surface area contributed by atoms with Crippen LogP contribution in [-0.2, 0) is 6.54 Å². The smallest absolute Gasteiger partial charge is 0.127 e. The summed E-state index contributed by atoms with van der Waals surface area (Å²) in [5.41, 5.74) is 1.68. The van der Waals surface area contributed by atoms with Crippen LogP contribution < -0.4 is 5.32 Å². The number of phenolic OH excluding ortho intramolecular Hbond substituents is 1. The van der Waals surface area contributed by atoms with Gasteiger partial charge in [-0.05, 0) is 36.2 Å². The second-order valence-electron chi connectivity index (χ2n) is 4.44. The Hall–Kier alpha value is -1.58. The van der Waals surface area contributed by atoms with Gasteiger partial charge < -0.3 is 10.4 Å². The largest absolute Gasteiger partial charge is 0.508 e. The minimum Gasteiger partial charge on any atom is -0.508 e. The third-order valence-electron chi connectivity index (χ3n) is 2.93. The van der Waals surface area contributed by atoms with Crippen LogP contribution in [0, 0.1) is 5.82 Å². The molecule has 0 saturated heterocycles. The molecule has 0 amide bonds. The van der Waals surface area contributed by atoms with Gasteiger partial charge in [0.05, 0.1) is 0 Å². The minimum atomic E-state index is -0.442. The molecular formula is C15H15ClFNO. The fourth-order valence-corrected chi connectivity index (χ4v) is 2.24. The number of nitrogens with one attached hydrogen (secondary N) is 1. The lowest BCUT2D eigenvalue weighted by Gasteiger charge is -2.15. The van der Waals surface area contributed by atoms with Crippen molar-refractivity contribution < 1.29 is 9.50 Å². The van der Waals surface area contributed by atoms with Crippen molar-refractivity contribution in [3.8, 4) is 5.75 Å². The maximum atomic E-state index is 13.1. The molecule has 0 heterocycles. The minimum absolute atomic E-state index is 0.0408. The van der Waals surface area contributed by atoms with E-state index >= 15 is 0 Å². The Morgan fingerprint density at radius 3 is 2.68 bits per heavy atom. The summed E-state index contributed by atoms with van der Waals surface area (Å²) in [7, 11) is 0. The molecule has 0 bridgehead atoms. The monoisotopic (exact) mass is 279 g/mol. The average Bonchev–Trinajstić information content (AvgIpc) is 2.35. The number of benzene rings is 2. The molecule has 0 aliphatic rings. The van der Waals surface area contributed by atoms with E-state index in [9.17, 15) is 9.50 Å². The summed E-state index contributed by atoms with van der Waals surface area (Å²) in [6.07, 6.45) is 0. The van der Waals surface area contributed by atoms with E-state index in [1.165, 1.54) is 12.1 Å². The Kier molecular flexibility index (Phi) is 4.40. The topological polar surface area (TPSA) is 32.3 Å². The Morgan fingerprint density at radius 2 is 2.00 bits per heavy atom. The highest BCUT2D eigenvalue weighted by Gasteiger charge is 2.09. The first-order chi connectivity index (χ1) is 9.06. The fraction of sp³-hybridized carbons (Fsp3) is 0.200. The quantitative estimate of drug-likeness (QED) is 0.885. The van der Waals surface area contributed by atoms with Gasteiger partial charge >= 0.3 is 0 Å². The molecule has 0 radical (unpaired) electrons. The van der Waals surface area contributed by atoms with Gasteiger partial charge in [0, 0.05) is 23.7 Å². The molecule has 0 fully saturated rings. The molecule has 19 heavy (non-hydrogen) atoms. The van der Waals surface area contributed by atoms with Crippen molar-refractivity contribution in [2.75, 3.05) is 0 Å². The third kappa shape index (κ3) is 3.69. The molecule has 4 heteroatoms. The van der Waals surface area contributed by atoms with E-state index in [2.05, 4.69) is 5.32 Å². The molecule has 0 aromatic heterocycles. The molecule has 1 unspecified atom stereocenters. The van der Waals surface area contributed by atoms with Crippen LogP contribution in [0.3, 0.4) is 0 Å². The summed E-state index contributed by atoms with van der Waals surface area (Å²) in [5.74, 6) is -0.510. The maximum Gasteiger partial charge on any atom is 0.127 e. The van der Waals surface area contributed by atoms with Crippen LogP contribution in [0.2, 0.25) is 5.02 Å². The predicted octanol–water partition coefficient (Wildman–Crippen LogP) is 4.04. The number of hydrogen-bond donors (Lipinski definition) is 2. The third-order valence-corrected chi connectivity index (χ3v) is 3.27. The first-order valence-electron chi connectivity index (χ1n) is 6.02. The molecule has 0 aliphatic carbocycles. The molecule has 0 aliphatic heterocycles. The van der Waals surface area contributed by atoms with Gasteiger partial charge in [-0.15, -0.1) is 0 Å². The van der Waals surface area contributed by atoms with Gasteiger partial charge in [-0.3, -0.25) is 0 Å². The molecule has 100 valence electrons. The standard InChI is InChI=1S/C15H15ClFNO/c1-10(14-4-2-3-5-15(14)16)18-9-11-6-12(17)8-13(19)7-11/h2-8,10,18-19H,9H2,1H3. The van der Waals surface area contributed by atoms with Crippen LogP contribution in [-0.4, -0.2) is 5.11 Å². The maximum absolute atomic E-state index is 13.1. The molecule has 2 N–H and O–H groups in total. The zero-order chi connectivity index (χ0) is 13.8. The fourth-order valence-electron chi connectivity index (χ4n) is 1.94. The molecule has 2 nitrogen and oxygen atoms in total. The molecule has 2 rings (SSSR count). The lowest BCUT2D eigenvalue weighted by molar-refractivity contribution is 0.466. The lowest BCUT2D eigenvalue weighted by atomic mass is 10.1. The van der Waals surface area contributed by atoms with Gasteiger partial charge in [0.15, 0.2) is 0 Å². The molecule has 0 spiro atoms. The van der Waals surface area contributed by atoms with Crippen LogP contribution in [0.1, 0.15) is 24.1 Å². The molecule has 2 aromatic carbocycles. The van der Waals surface area contributed by atoms with E-state index in [1.807, 2.05) is 31.2 Å². The van der Waals surface area contributed by atoms with E-state index in [-0.39, 0.29) is 11.8 Å². The summed E-state index contributed by atoms with van der Waals surface area (Å²) in [6.45, 7) is 2.44. The Bertz CT molecular complexity index is 554. The van der Waals surface area contributed by atoms with E-state index in [1.54, 1.807) is 0 Å². The highest BCUT2D eigenvalue weighted by molar-refractivity contribution is 6.31. The first kappa shape index (κ1) is 13.8. The van der Waals surface area contributed by atoms with Gasteiger partial charge in [-0.25, -0.2) is 4.39 Å². The van der Waals surface area contributed by atoms with Crippen molar-refractivity contribution in [1.29, 1.82) is 0 Å². The summed E-state index contributed by atoms with van der Waals surface area (Å²) in [6, 6.07) is 11.6. The summed E-state index contributed by atoms with van der Waals surface area (Å²) in [4.78, 5) is 0. The van der Waals surface area contributed by atoms with Crippen molar-refractivity contribution in [2.45, 2.75) is 19.5 Å². The highest BCUT2D eigenvalue weighted by atomic mass is 35.5. The van der Waals surface area contributed by atoms with Crippen molar-refractivity contribution in [3.63, 3.8) is 0 Å². The van der Waals surface area contributed by atoms with Gasteiger partial charge in [-0.1, -0.05) is 29.8 Å². The first-order valence-corrected chi connectivity index (χ1v) is 6.40. The van der Waals surface area contributed by atoms with Crippen molar-refractivity contribution in [3.05, 3.63) is 64.4 Å². The predicted molar refractivity (Wildman–Crippen MR) is 74.8 cm³/mol. The Balaban J connectivity index is 2.04. The van der Waals surface area contributed by atoms with Gasteiger partial charge in [0.25, 0.3) is 0 Å². The van der Waals surface area contributed by atoms with Crippen molar-refractivity contribution in [1.82, 2.24) is 5.32 Å². The molecule has 2 aromatic rings. The summed E-state index contributed by atoms with van der Waals surface area (Å²) in [5, 5.41) is 13.3. The highest BCUT2D eigenvalue weighted by Crippen LogP contribution is 2.23. The van der Waals surface area contributed by atoms with Crippen molar-refractivity contribution >= 4 is 11.6 Å². The number of aromatic hydroxyl groups is 1. The molecule has 1 atom stereocenters. The van der Waals surface area contributed by atoms with E-state index in [0.717, 1.165) is 11.6 Å². The average molecular weight is 280 g/mol. The van der Waals surface area contributed by atoms with Crippen LogP contribution in [0.25, 0.3) is 0 Å². The summed E-state index contributed by atoms with van der Waals surface area (Å²) < 4.78 is 13.1. The lowest BCUT2D eigenvalue weighted by Crippen LogP contribution is -2.18. The number of hydrogen-bond acceptors (Lipinski definition) is 2. The number of phenols is 1. The zero-order valence-corrected chi connectivity index (χ0v) is 11.3. The van der Waals surface area contributed by atoms with Gasteiger partial charge in [-0.2, -0.15) is 0 Å². The van der Waals surface area contributed by atoms with Crippen LogP contribution in [0.4, 0.5) is 4.39 Å². The van der Waals surface area contributed by atoms with Gasteiger partial charge in [0.1, 0.15) is 11.6 Å². The molecule has 0 saturated carbocycles. The summed E-state index contributed by atoms with van der Waals surface area (Å²) >= 11 is 6.11. The van der Waals surface area contributed by atoms with E-state index in [4.69, 9.17) is 11.6 Å². The van der Waals surface area contributed by atoms with Crippen LogP contribution >= 0.6 is 11.6 Å². The van der Waals surface area contributed by atoms with E-state index < -0.39 is 5.82 Å². The van der Waals surface area contributed by atoms with Crippen LogP contribution in [0.5, 0.6) is 5.75 Å². The van der Waals surface area contributed by atoms with E-state index in [0.29, 0.717) is 17.1 Å². The number of rotatable bonds is 4. The normalized spacial score (nSPS) is 12.4. The van der Waals surface area contributed by atoms with Gasteiger partial charge in [0.2, 0.25) is 0 Å². The second-order valence-corrected chi connectivity index (χ2v) is 4.85. The Morgan fingerprint density at radius 1 is 1.26 bits per heavy atom. The second kappa shape index (κ2) is 6.04. The molecular weight excluding hydrogens is 265 g/mol. The zero-order valence-electron chi connectivity index (χ0n) is 10.5. The Labute approximate surface area is 116 Å². The van der Waals surface area contributed by atoms with Crippen LogP contribution in [0.15, 0.2) is 42.5 Å². The SMILES string of the molecule is CC(NCc1cc(O)cc(F)c1)c1ccccc1Cl.